The van der Waals surface area contributed by atoms with Crippen molar-refractivity contribution < 1.29 is 8.42 Å². The van der Waals surface area contributed by atoms with Crippen molar-refractivity contribution in [3.8, 4) is 0 Å². The molecule has 4 nitrogen and oxygen atoms in total. The molecule has 0 aliphatic rings. The smallest absolute Gasteiger partial charge is 0.241 e. The normalized spacial score (nSPS) is 12.7. The molecule has 0 aliphatic carbocycles. The van der Waals surface area contributed by atoms with Crippen LogP contribution in [0.5, 0.6) is 0 Å². The molecule has 3 N–H and O–H groups in total. The Bertz CT molecular complexity index is 531. The molecule has 0 saturated heterocycles. The summed E-state index contributed by atoms with van der Waals surface area (Å²) >= 11 is 5.98. The Morgan fingerprint density at radius 2 is 1.89 bits per heavy atom. The van der Waals surface area contributed by atoms with Crippen molar-refractivity contribution in [2.45, 2.75) is 44.0 Å². The zero-order valence-electron chi connectivity index (χ0n) is 11.5. The van der Waals surface area contributed by atoms with Crippen molar-refractivity contribution in [3.63, 3.8) is 0 Å². The van der Waals surface area contributed by atoms with Crippen LogP contribution in [-0.4, -0.2) is 20.5 Å². The highest BCUT2D eigenvalue weighted by Gasteiger charge is 2.31. The minimum Gasteiger partial charge on any atom is -0.329 e. The molecule has 1 aromatic rings. The summed E-state index contributed by atoms with van der Waals surface area (Å²) in [6, 6.07) is 4.85. The number of hydrogen-bond acceptors (Lipinski definition) is 3. The Kier molecular flexibility index (Phi) is 5.38. The van der Waals surface area contributed by atoms with Crippen LogP contribution in [0.25, 0.3) is 0 Å². The van der Waals surface area contributed by atoms with Gasteiger partial charge in [0.1, 0.15) is 0 Å². The topological polar surface area (TPSA) is 72.2 Å². The molecule has 0 spiro atoms. The van der Waals surface area contributed by atoms with Crippen LogP contribution in [0.1, 0.15) is 32.3 Å². The molecule has 0 heterocycles. The summed E-state index contributed by atoms with van der Waals surface area (Å²) in [6.45, 7) is 5.80. The summed E-state index contributed by atoms with van der Waals surface area (Å²) < 4.78 is 27.7. The first-order valence-corrected chi connectivity index (χ1v) is 8.17. The number of nitrogens with one attached hydrogen (secondary N) is 1. The summed E-state index contributed by atoms with van der Waals surface area (Å²) in [5, 5.41) is 0.439. The summed E-state index contributed by atoms with van der Waals surface area (Å²) in [6.07, 6.45) is 1.28. The number of rotatable bonds is 6. The molecule has 0 bridgehead atoms. The van der Waals surface area contributed by atoms with E-state index in [2.05, 4.69) is 4.72 Å². The van der Waals surface area contributed by atoms with Crippen LogP contribution >= 0.6 is 11.6 Å². The highest BCUT2D eigenvalue weighted by molar-refractivity contribution is 7.89. The Morgan fingerprint density at radius 1 is 1.32 bits per heavy atom. The van der Waals surface area contributed by atoms with Gasteiger partial charge in [0.15, 0.2) is 0 Å². The van der Waals surface area contributed by atoms with Gasteiger partial charge in [-0.15, -0.1) is 0 Å². The average molecular weight is 305 g/mol. The van der Waals surface area contributed by atoms with Crippen LogP contribution in [0.2, 0.25) is 5.02 Å². The van der Waals surface area contributed by atoms with E-state index in [1.54, 1.807) is 25.1 Å². The predicted octanol–water partition coefficient (Wildman–Crippen LogP) is 2.44. The highest BCUT2D eigenvalue weighted by Crippen LogP contribution is 2.25. The first-order chi connectivity index (χ1) is 8.82. The molecule has 0 amide bonds. The van der Waals surface area contributed by atoms with Crippen LogP contribution in [0.3, 0.4) is 0 Å². The molecule has 0 saturated carbocycles. The molecule has 1 rings (SSSR count). The number of hydrogen-bond donors (Lipinski definition) is 2. The largest absolute Gasteiger partial charge is 0.329 e. The zero-order valence-corrected chi connectivity index (χ0v) is 13.1. The second kappa shape index (κ2) is 6.22. The lowest BCUT2D eigenvalue weighted by molar-refractivity contribution is 0.363. The quantitative estimate of drug-likeness (QED) is 0.848. The van der Waals surface area contributed by atoms with Crippen molar-refractivity contribution in [1.82, 2.24) is 4.72 Å². The first kappa shape index (κ1) is 16.4. The molecule has 0 aromatic heterocycles. The van der Waals surface area contributed by atoms with Gasteiger partial charge in [0.05, 0.1) is 4.90 Å². The van der Waals surface area contributed by atoms with Gasteiger partial charge in [0.2, 0.25) is 10.0 Å². The first-order valence-electron chi connectivity index (χ1n) is 6.31. The second-order valence-electron chi connectivity index (χ2n) is 4.66. The number of benzene rings is 1. The minimum absolute atomic E-state index is 0.208. The van der Waals surface area contributed by atoms with Gasteiger partial charge in [-0.25, -0.2) is 13.1 Å². The molecule has 1 aromatic carbocycles. The third-order valence-corrected chi connectivity index (χ3v) is 5.74. The summed E-state index contributed by atoms with van der Waals surface area (Å²) in [4.78, 5) is 0.208. The van der Waals surface area contributed by atoms with E-state index in [4.69, 9.17) is 17.3 Å². The van der Waals surface area contributed by atoms with Gasteiger partial charge in [-0.2, -0.15) is 0 Å². The van der Waals surface area contributed by atoms with Crippen LogP contribution in [0, 0.1) is 6.92 Å². The molecule has 108 valence electrons. The fourth-order valence-electron chi connectivity index (χ4n) is 1.94. The van der Waals surface area contributed by atoms with Crippen LogP contribution in [-0.2, 0) is 10.0 Å². The SMILES string of the molecule is CCC(CC)(CN)NS(=O)(=O)c1cccc(Cl)c1C. The van der Waals surface area contributed by atoms with Crippen LogP contribution in [0.4, 0.5) is 0 Å². The van der Waals surface area contributed by atoms with Crippen molar-refractivity contribution in [1.29, 1.82) is 0 Å². The molecule has 0 fully saturated rings. The number of sulfonamides is 1. The highest BCUT2D eigenvalue weighted by atomic mass is 35.5. The van der Waals surface area contributed by atoms with Gasteiger partial charge in [0, 0.05) is 17.1 Å². The molecule has 0 unspecified atom stereocenters. The van der Waals surface area contributed by atoms with Crippen LogP contribution < -0.4 is 10.5 Å². The zero-order chi connectivity index (χ0) is 14.7. The summed E-state index contributed by atoms with van der Waals surface area (Å²) in [5.74, 6) is 0. The second-order valence-corrected chi connectivity index (χ2v) is 6.72. The molecule has 0 atom stereocenters. The molecule has 19 heavy (non-hydrogen) atoms. The fraction of sp³-hybridized carbons (Fsp3) is 0.538. The standard InChI is InChI=1S/C13H21ClN2O2S/c1-4-13(5-2,9-15)16-19(17,18)12-8-6-7-11(14)10(12)3/h6-8,16H,4-5,9,15H2,1-3H3. The summed E-state index contributed by atoms with van der Waals surface area (Å²) in [7, 11) is -3.62. The third kappa shape index (κ3) is 3.48. The Morgan fingerprint density at radius 3 is 2.37 bits per heavy atom. The van der Waals surface area contributed by atoms with Gasteiger partial charge in [-0.05, 0) is 37.5 Å². The maximum atomic E-state index is 12.5. The van der Waals surface area contributed by atoms with Crippen LogP contribution in [0.15, 0.2) is 23.1 Å². The van der Waals surface area contributed by atoms with E-state index in [0.717, 1.165) is 0 Å². The van der Waals surface area contributed by atoms with Gasteiger partial charge in [0.25, 0.3) is 0 Å². The fourth-order valence-corrected chi connectivity index (χ4v) is 4.00. The van der Waals surface area contributed by atoms with Gasteiger partial charge < -0.3 is 5.73 Å². The van der Waals surface area contributed by atoms with E-state index in [-0.39, 0.29) is 11.4 Å². The van der Waals surface area contributed by atoms with E-state index in [0.29, 0.717) is 23.4 Å². The Balaban J connectivity index is 3.22. The van der Waals surface area contributed by atoms with E-state index in [9.17, 15) is 8.42 Å². The Labute approximate surface area is 120 Å². The van der Waals surface area contributed by atoms with E-state index in [1.807, 2.05) is 13.8 Å². The minimum atomic E-state index is -3.62. The van der Waals surface area contributed by atoms with Gasteiger partial charge in [-0.3, -0.25) is 0 Å². The van der Waals surface area contributed by atoms with Gasteiger partial charge >= 0.3 is 0 Å². The van der Waals surface area contributed by atoms with Crippen molar-refractivity contribution in [2.24, 2.45) is 5.73 Å². The molecule has 0 radical (unpaired) electrons. The predicted molar refractivity (Wildman–Crippen MR) is 78.9 cm³/mol. The maximum Gasteiger partial charge on any atom is 0.241 e. The molecule has 0 aliphatic heterocycles. The maximum absolute atomic E-state index is 12.5. The monoisotopic (exact) mass is 304 g/mol. The lowest BCUT2D eigenvalue weighted by atomic mass is 9.95. The van der Waals surface area contributed by atoms with Crippen molar-refractivity contribution >= 4 is 21.6 Å². The molecular weight excluding hydrogens is 284 g/mol. The molecular formula is C13H21ClN2O2S. The lowest BCUT2D eigenvalue weighted by Gasteiger charge is -2.31. The van der Waals surface area contributed by atoms with E-state index in [1.165, 1.54) is 0 Å². The Hall–Kier alpha value is -0.620. The third-order valence-electron chi connectivity index (χ3n) is 3.60. The summed E-state index contributed by atoms with van der Waals surface area (Å²) in [5.41, 5.74) is 5.68. The number of halogens is 1. The molecule has 6 heteroatoms. The van der Waals surface area contributed by atoms with Gasteiger partial charge in [-0.1, -0.05) is 31.5 Å². The van der Waals surface area contributed by atoms with E-state index >= 15 is 0 Å². The number of nitrogens with two attached hydrogens (primary N) is 1. The van der Waals surface area contributed by atoms with Crippen molar-refractivity contribution in [2.75, 3.05) is 6.54 Å². The van der Waals surface area contributed by atoms with E-state index < -0.39 is 15.6 Å². The average Bonchev–Trinajstić information content (AvgIpc) is 2.39. The van der Waals surface area contributed by atoms with Crippen molar-refractivity contribution in [3.05, 3.63) is 28.8 Å². The lowest BCUT2D eigenvalue weighted by Crippen LogP contribution is -2.52.